The SMILES string of the molecule is Cc1cccc(C(=O)Nc2ccc(N3CCC(C)CC3)nn2)c1. The van der Waals surface area contributed by atoms with Gasteiger partial charge in [0.1, 0.15) is 0 Å². The van der Waals surface area contributed by atoms with E-state index < -0.39 is 0 Å². The first-order chi connectivity index (χ1) is 11.1. The molecule has 5 heteroatoms. The van der Waals surface area contributed by atoms with Crippen molar-refractivity contribution in [3.63, 3.8) is 0 Å². The van der Waals surface area contributed by atoms with Crippen molar-refractivity contribution in [1.29, 1.82) is 0 Å². The average Bonchev–Trinajstić information content (AvgIpc) is 2.56. The van der Waals surface area contributed by atoms with Crippen molar-refractivity contribution in [3.8, 4) is 0 Å². The van der Waals surface area contributed by atoms with Gasteiger partial charge in [0.05, 0.1) is 0 Å². The molecule has 0 bridgehead atoms. The van der Waals surface area contributed by atoms with Crippen molar-refractivity contribution in [1.82, 2.24) is 10.2 Å². The van der Waals surface area contributed by atoms with Crippen LogP contribution >= 0.6 is 0 Å². The summed E-state index contributed by atoms with van der Waals surface area (Å²) in [7, 11) is 0. The van der Waals surface area contributed by atoms with Crippen molar-refractivity contribution in [2.24, 2.45) is 5.92 Å². The Balaban J connectivity index is 1.64. The van der Waals surface area contributed by atoms with Gasteiger partial charge in [-0.2, -0.15) is 0 Å². The zero-order chi connectivity index (χ0) is 16.2. The van der Waals surface area contributed by atoms with Gasteiger partial charge in [0.15, 0.2) is 11.6 Å². The minimum Gasteiger partial charge on any atom is -0.355 e. The third-order valence-corrected chi connectivity index (χ3v) is 4.28. The zero-order valence-electron chi connectivity index (χ0n) is 13.6. The lowest BCUT2D eigenvalue weighted by Crippen LogP contribution is -2.33. The smallest absolute Gasteiger partial charge is 0.256 e. The van der Waals surface area contributed by atoms with Crippen LogP contribution in [-0.4, -0.2) is 29.2 Å². The summed E-state index contributed by atoms with van der Waals surface area (Å²) in [6.07, 6.45) is 2.38. The number of piperidine rings is 1. The molecule has 0 radical (unpaired) electrons. The minimum absolute atomic E-state index is 0.164. The predicted octanol–water partition coefficient (Wildman–Crippen LogP) is 3.27. The second-order valence-electron chi connectivity index (χ2n) is 6.27. The van der Waals surface area contributed by atoms with E-state index >= 15 is 0 Å². The largest absolute Gasteiger partial charge is 0.355 e. The molecule has 0 spiro atoms. The van der Waals surface area contributed by atoms with E-state index in [0.717, 1.165) is 30.4 Å². The molecule has 1 aromatic carbocycles. The Hall–Kier alpha value is -2.43. The molecular weight excluding hydrogens is 288 g/mol. The van der Waals surface area contributed by atoms with Crippen LogP contribution in [0.15, 0.2) is 36.4 Å². The highest BCUT2D eigenvalue weighted by atomic mass is 16.1. The van der Waals surface area contributed by atoms with Gasteiger partial charge in [0.25, 0.3) is 5.91 Å². The molecule has 120 valence electrons. The molecule has 0 saturated carbocycles. The van der Waals surface area contributed by atoms with Crippen molar-refractivity contribution >= 4 is 17.5 Å². The van der Waals surface area contributed by atoms with Gasteiger partial charge in [-0.05, 0) is 49.9 Å². The van der Waals surface area contributed by atoms with Gasteiger partial charge in [0, 0.05) is 18.7 Å². The standard InChI is InChI=1S/C18H22N4O/c1-13-8-10-22(11-9-13)17-7-6-16(20-21-17)19-18(23)15-5-3-4-14(2)12-15/h3-7,12-13H,8-11H2,1-2H3,(H,19,20,23). The molecule has 1 aliphatic rings. The van der Waals surface area contributed by atoms with Crippen LogP contribution in [0.25, 0.3) is 0 Å². The summed E-state index contributed by atoms with van der Waals surface area (Å²) in [4.78, 5) is 14.4. The van der Waals surface area contributed by atoms with Crippen LogP contribution in [0.3, 0.4) is 0 Å². The Labute approximate surface area is 136 Å². The summed E-state index contributed by atoms with van der Waals surface area (Å²) in [6.45, 7) is 6.29. The number of carbonyl (C=O) groups excluding carboxylic acids is 1. The fourth-order valence-electron chi connectivity index (χ4n) is 2.77. The number of nitrogens with one attached hydrogen (secondary N) is 1. The highest BCUT2D eigenvalue weighted by Gasteiger charge is 2.17. The summed E-state index contributed by atoms with van der Waals surface area (Å²) >= 11 is 0. The monoisotopic (exact) mass is 310 g/mol. The van der Waals surface area contributed by atoms with Crippen LogP contribution in [0.4, 0.5) is 11.6 Å². The van der Waals surface area contributed by atoms with Crippen molar-refractivity contribution in [3.05, 3.63) is 47.5 Å². The molecule has 1 aromatic heterocycles. The van der Waals surface area contributed by atoms with E-state index in [2.05, 4.69) is 27.3 Å². The first-order valence-electron chi connectivity index (χ1n) is 8.08. The van der Waals surface area contributed by atoms with Crippen molar-refractivity contribution in [2.45, 2.75) is 26.7 Å². The lowest BCUT2D eigenvalue weighted by Gasteiger charge is -2.30. The summed E-state index contributed by atoms with van der Waals surface area (Å²) in [5, 5.41) is 11.2. The molecule has 1 fully saturated rings. The second kappa shape index (κ2) is 6.77. The summed E-state index contributed by atoms with van der Waals surface area (Å²) in [5.74, 6) is 1.98. The fourth-order valence-corrected chi connectivity index (χ4v) is 2.77. The molecule has 2 heterocycles. The molecule has 0 aliphatic carbocycles. The Bertz CT molecular complexity index is 676. The van der Waals surface area contributed by atoms with Crippen LogP contribution in [0.2, 0.25) is 0 Å². The van der Waals surface area contributed by atoms with Crippen LogP contribution in [0.5, 0.6) is 0 Å². The molecule has 1 amide bonds. The quantitative estimate of drug-likeness (QED) is 0.945. The van der Waals surface area contributed by atoms with Gasteiger partial charge < -0.3 is 10.2 Å². The predicted molar refractivity (Wildman–Crippen MR) is 91.8 cm³/mol. The first kappa shape index (κ1) is 15.5. The Morgan fingerprint density at radius 2 is 1.96 bits per heavy atom. The number of hydrogen-bond acceptors (Lipinski definition) is 4. The highest BCUT2D eigenvalue weighted by Crippen LogP contribution is 2.21. The topological polar surface area (TPSA) is 58.1 Å². The third kappa shape index (κ3) is 3.86. The normalized spacial score (nSPS) is 15.5. The van der Waals surface area contributed by atoms with E-state index in [4.69, 9.17) is 0 Å². The van der Waals surface area contributed by atoms with Gasteiger partial charge in [-0.3, -0.25) is 4.79 Å². The van der Waals surface area contributed by atoms with Gasteiger partial charge in [-0.1, -0.05) is 24.6 Å². The zero-order valence-corrected chi connectivity index (χ0v) is 13.6. The molecule has 23 heavy (non-hydrogen) atoms. The molecule has 5 nitrogen and oxygen atoms in total. The molecule has 0 unspecified atom stereocenters. The van der Waals surface area contributed by atoms with E-state index in [1.807, 2.05) is 37.3 Å². The average molecular weight is 310 g/mol. The van der Waals surface area contributed by atoms with Gasteiger partial charge in [0.2, 0.25) is 0 Å². The fraction of sp³-hybridized carbons (Fsp3) is 0.389. The minimum atomic E-state index is -0.164. The van der Waals surface area contributed by atoms with Crippen LogP contribution < -0.4 is 10.2 Å². The maximum Gasteiger partial charge on any atom is 0.256 e. The third-order valence-electron chi connectivity index (χ3n) is 4.28. The summed E-state index contributed by atoms with van der Waals surface area (Å²) < 4.78 is 0. The number of benzene rings is 1. The highest BCUT2D eigenvalue weighted by molar-refractivity contribution is 6.03. The Kier molecular flexibility index (Phi) is 4.55. The van der Waals surface area contributed by atoms with Crippen LogP contribution in [-0.2, 0) is 0 Å². The number of amides is 1. The molecule has 1 aliphatic heterocycles. The maximum atomic E-state index is 12.2. The molecule has 3 rings (SSSR count). The molecule has 1 saturated heterocycles. The lowest BCUT2D eigenvalue weighted by molar-refractivity contribution is 0.102. The molecule has 2 aromatic rings. The number of anilines is 2. The summed E-state index contributed by atoms with van der Waals surface area (Å²) in [6, 6.07) is 11.2. The first-order valence-corrected chi connectivity index (χ1v) is 8.08. The van der Waals surface area contributed by atoms with E-state index in [0.29, 0.717) is 11.4 Å². The van der Waals surface area contributed by atoms with E-state index in [1.165, 1.54) is 12.8 Å². The van der Waals surface area contributed by atoms with Gasteiger partial charge >= 0.3 is 0 Å². The maximum absolute atomic E-state index is 12.2. The Morgan fingerprint density at radius 3 is 2.61 bits per heavy atom. The van der Waals surface area contributed by atoms with E-state index in [1.54, 1.807) is 6.07 Å². The Morgan fingerprint density at radius 1 is 1.17 bits per heavy atom. The molecule has 1 N–H and O–H groups in total. The van der Waals surface area contributed by atoms with Gasteiger partial charge in [-0.15, -0.1) is 10.2 Å². The number of nitrogens with zero attached hydrogens (tertiary/aromatic N) is 3. The number of aryl methyl sites for hydroxylation is 1. The van der Waals surface area contributed by atoms with E-state index in [-0.39, 0.29) is 5.91 Å². The summed E-state index contributed by atoms with van der Waals surface area (Å²) in [5.41, 5.74) is 1.68. The van der Waals surface area contributed by atoms with Crippen molar-refractivity contribution in [2.75, 3.05) is 23.3 Å². The number of aromatic nitrogens is 2. The van der Waals surface area contributed by atoms with Gasteiger partial charge in [-0.25, -0.2) is 0 Å². The van der Waals surface area contributed by atoms with Crippen molar-refractivity contribution < 1.29 is 4.79 Å². The second-order valence-corrected chi connectivity index (χ2v) is 6.27. The number of rotatable bonds is 3. The number of carbonyl (C=O) groups is 1. The lowest BCUT2D eigenvalue weighted by atomic mass is 9.99. The van der Waals surface area contributed by atoms with E-state index in [9.17, 15) is 4.79 Å². The molecular formula is C18H22N4O. The molecule has 0 atom stereocenters. The van der Waals surface area contributed by atoms with Crippen LogP contribution in [0, 0.1) is 12.8 Å². The van der Waals surface area contributed by atoms with Crippen LogP contribution in [0.1, 0.15) is 35.7 Å². The number of hydrogen-bond donors (Lipinski definition) is 1.